The summed E-state index contributed by atoms with van der Waals surface area (Å²) in [7, 11) is 0. The fourth-order valence-corrected chi connectivity index (χ4v) is 2.81. The van der Waals surface area contributed by atoms with Crippen LogP contribution in [0.4, 0.5) is 0 Å². The average molecular weight is 364 g/mol. The van der Waals surface area contributed by atoms with Crippen molar-refractivity contribution in [2.45, 2.75) is 45.8 Å². The molecule has 2 atom stereocenters. The first-order chi connectivity index (χ1) is 11.5. The van der Waals surface area contributed by atoms with Gasteiger partial charge in [0, 0.05) is 12.6 Å². The van der Waals surface area contributed by atoms with Crippen LogP contribution in [0.15, 0.2) is 48.5 Å². The van der Waals surface area contributed by atoms with Gasteiger partial charge >= 0.3 is 0 Å². The highest BCUT2D eigenvalue weighted by molar-refractivity contribution is 5.85. The molecule has 0 aliphatic heterocycles. The van der Waals surface area contributed by atoms with Crippen LogP contribution >= 0.6 is 12.4 Å². The van der Waals surface area contributed by atoms with Crippen LogP contribution in [0.25, 0.3) is 0 Å². The molecule has 2 N–H and O–H groups in total. The van der Waals surface area contributed by atoms with E-state index in [-0.39, 0.29) is 25.1 Å². The average Bonchev–Trinajstić information content (AvgIpc) is 2.58. The van der Waals surface area contributed by atoms with Crippen LogP contribution in [0.5, 0.6) is 5.75 Å². The fourth-order valence-electron chi connectivity index (χ4n) is 2.81. The molecular formula is C21H30ClNO2. The molecule has 138 valence electrons. The van der Waals surface area contributed by atoms with E-state index in [1.165, 1.54) is 16.7 Å². The van der Waals surface area contributed by atoms with Gasteiger partial charge in [0.15, 0.2) is 0 Å². The Hall–Kier alpha value is -1.55. The summed E-state index contributed by atoms with van der Waals surface area (Å²) >= 11 is 0. The van der Waals surface area contributed by atoms with Gasteiger partial charge in [-0.3, -0.25) is 0 Å². The lowest BCUT2D eigenvalue weighted by molar-refractivity contribution is 0.104. The standard InChI is InChI=1S/C21H29NO2.ClH/c1-15(2)21-11-10-20(12-16(21)3)24-14-19(23)13-22-17(4)18-8-6-5-7-9-18;/h5-12,15,17,19,22-23H,13-14H2,1-4H3;1H. The summed E-state index contributed by atoms with van der Waals surface area (Å²) in [6.07, 6.45) is -0.541. The van der Waals surface area contributed by atoms with Gasteiger partial charge in [0.25, 0.3) is 0 Å². The van der Waals surface area contributed by atoms with Crippen LogP contribution in [0.1, 0.15) is 49.4 Å². The third kappa shape index (κ3) is 6.69. The summed E-state index contributed by atoms with van der Waals surface area (Å²) in [4.78, 5) is 0. The van der Waals surface area contributed by atoms with Gasteiger partial charge in [0.2, 0.25) is 0 Å². The van der Waals surface area contributed by atoms with Crippen molar-refractivity contribution in [3.8, 4) is 5.75 Å². The second-order valence-electron chi connectivity index (χ2n) is 6.68. The second-order valence-corrected chi connectivity index (χ2v) is 6.68. The number of hydrogen-bond acceptors (Lipinski definition) is 3. The molecule has 0 heterocycles. The molecule has 0 aromatic heterocycles. The Bertz CT molecular complexity index is 631. The minimum absolute atomic E-state index is 0. The topological polar surface area (TPSA) is 41.5 Å². The molecule has 0 saturated carbocycles. The van der Waals surface area contributed by atoms with E-state index in [2.05, 4.69) is 51.2 Å². The van der Waals surface area contributed by atoms with Crippen molar-refractivity contribution in [2.75, 3.05) is 13.2 Å². The van der Waals surface area contributed by atoms with Crippen LogP contribution in [0, 0.1) is 6.92 Å². The van der Waals surface area contributed by atoms with Crippen LogP contribution in [0.2, 0.25) is 0 Å². The summed E-state index contributed by atoms with van der Waals surface area (Å²) in [6.45, 7) is 9.35. The van der Waals surface area contributed by atoms with E-state index >= 15 is 0 Å². The van der Waals surface area contributed by atoms with Crippen LogP contribution in [0.3, 0.4) is 0 Å². The first kappa shape index (κ1) is 21.5. The predicted octanol–water partition coefficient (Wildman–Crippen LogP) is 4.63. The lowest BCUT2D eigenvalue weighted by atomic mass is 9.98. The molecule has 0 bridgehead atoms. The Labute approximate surface area is 157 Å². The molecule has 2 aromatic rings. The summed E-state index contributed by atoms with van der Waals surface area (Å²) in [5, 5.41) is 13.5. The number of aryl methyl sites for hydroxylation is 1. The predicted molar refractivity (Wildman–Crippen MR) is 107 cm³/mol. The largest absolute Gasteiger partial charge is 0.491 e. The monoisotopic (exact) mass is 363 g/mol. The van der Waals surface area contributed by atoms with Crippen molar-refractivity contribution in [2.24, 2.45) is 0 Å². The first-order valence-corrected chi connectivity index (χ1v) is 8.67. The van der Waals surface area contributed by atoms with E-state index in [1.54, 1.807) is 0 Å². The summed E-state index contributed by atoms with van der Waals surface area (Å²) in [5.41, 5.74) is 3.78. The van der Waals surface area contributed by atoms with E-state index in [1.807, 2.05) is 30.3 Å². The Kier molecular flexibility index (Phi) is 8.98. The Morgan fingerprint density at radius 1 is 1.04 bits per heavy atom. The molecule has 0 spiro atoms. The number of hydrogen-bond donors (Lipinski definition) is 2. The molecule has 4 heteroatoms. The quantitative estimate of drug-likeness (QED) is 0.718. The van der Waals surface area contributed by atoms with E-state index in [0.29, 0.717) is 12.5 Å². The minimum atomic E-state index is -0.541. The number of nitrogens with one attached hydrogen (secondary N) is 1. The number of rotatable bonds is 8. The number of aliphatic hydroxyl groups is 1. The van der Waals surface area contributed by atoms with Crippen molar-refractivity contribution in [1.29, 1.82) is 0 Å². The van der Waals surface area contributed by atoms with Gasteiger partial charge < -0.3 is 15.2 Å². The van der Waals surface area contributed by atoms with Crippen LogP contribution in [-0.2, 0) is 0 Å². The molecule has 3 nitrogen and oxygen atoms in total. The Morgan fingerprint density at radius 3 is 2.32 bits per heavy atom. The summed E-state index contributed by atoms with van der Waals surface area (Å²) < 4.78 is 5.73. The normalized spacial score (nSPS) is 13.2. The Balaban J connectivity index is 0.00000312. The number of ether oxygens (including phenoxy) is 1. The van der Waals surface area contributed by atoms with Gasteiger partial charge in [-0.2, -0.15) is 0 Å². The second kappa shape index (κ2) is 10.4. The van der Waals surface area contributed by atoms with E-state index < -0.39 is 6.10 Å². The van der Waals surface area contributed by atoms with Gasteiger partial charge in [-0.05, 0) is 48.6 Å². The number of halogens is 1. The molecule has 0 amide bonds. The minimum Gasteiger partial charge on any atom is -0.491 e. The molecule has 0 aliphatic rings. The van der Waals surface area contributed by atoms with Gasteiger partial charge in [-0.1, -0.05) is 50.2 Å². The molecule has 0 saturated heterocycles. The third-order valence-electron chi connectivity index (χ3n) is 4.26. The molecule has 0 radical (unpaired) electrons. The van der Waals surface area contributed by atoms with Crippen LogP contribution < -0.4 is 10.1 Å². The van der Waals surface area contributed by atoms with Crippen LogP contribution in [-0.4, -0.2) is 24.4 Å². The first-order valence-electron chi connectivity index (χ1n) is 8.67. The molecule has 2 rings (SSSR count). The van der Waals surface area contributed by atoms with Gasteiger partial charge in [0.05, 0.1) is 0 Å². The highest BCUT2D eigenvalue weighted by Crippen LogP contribution is 2.23. The fraction of sp³-hybridized carbons (Fsp3) is 0.429. The van der Waals surface area contributed by atoms with Crippen molar-refractivity contribution in [3.05, 3.63) is 65.2 Å². The molecule has 2 unspecified atom stereocenters. The molecule has 0 fully saturated rings. The third-order valence-corrected chi connectivity index (χ3v) is 4.26. The van der Waals surface area contributed by atoms with E-state index in [9.17, 15) is 5.11 Å². The molecule has 2 aromatic carbocycles. The summed E-state index contributed by atoms with van der Waals surface area (Å²) in [6, 6.07) is 16.6. The molecular weight excluding hydrogens is 334 g/mol. The van der Waals surface area contributed by atoms with Gasteiger partial charge in [-0.25, -0.2) is 0 Å². The lowest BCUT2D eigenvalue weighted by Crippen LogP contribution is -2.33. The van der Waals surface area contributed by atoms with Crippen molar-refractivity contribution in [1.82, 2.24) is 5.32 Å². The maximum atomic E-state index is 10.1. The highest BCUT2D eigenvalue weighted by Gasteiger charge is 2.10. The van der Waals surface area contributed by atoms with Crippen molar-refractivity contribution < 1.29 is 9.84 Å². The smallest absolute Gasteiger partial charge is 0.119 e. The highest BCUT2D eigenvalue weighted by atomic mass is 35.5. The number of aliphatic hydroxyl groups excluding tert-OH is 1. The van der Waals surface area contributed by atoms with Crippen molar-refractivity contribution in [3.63, 3.8) is 0 Å². The SMILES string of the molecule is Cc1cc(OCC(O)CNC(C)c2ccccc2)ccc1C(C)C.Cl. The Morgan fingerprint density at radius 2 is 1.72 bits per heavy atom. The van der Waals surface area contributed by atoms with Crippen molar-refractivity contribution >= 4 is 12.4 Å². The molecule has 25 heavy (non-hydrogen) atoms. The van der Waals surface area contributed by atoms with Gasteiger partial charge in [0.1, 0.15) is 18.5 Å². The zero-order valence-corrected chi connectivity index (χ0v) is 16.3. The summed E-state index contributed by atoms with van der Waals surface area (Å²) in [5.74, 6) is 1.32. The number of benzene rings is 2. The zero-order chi connectivity index (χ0) is 17.5. The lowest BCUT2D eigenvalue weighted by Gasteiger charge is -2.18. The van der Waals surface area contributed by atoms with Gasteiger partial charge in [-0.15, -0.1) is 12.4 Å². The zero-order valence-electron chi connectivity index (χ0n) is 15.5. The molecule has 0 aliphatic carbocycles. The maximum absolute atomic E-state index is 10.1. The van der Waals surface area contributed by atoms with E-state index in [4.69, 9.17) is 4.74 Å². The maximum Gasteiger partial charge on any atom is 0.119 e. The van der Waals surface area contributed by atoms with E-state index in [0.717, 1.165) is 5.75 Å².